The summed E-state index contributed by atoms with van der Waals surface area (Å²) in [4.78, 5) is 22.1. The highest BCUT2D eigenvalue weighted by Gasteiger charge is 2.32. The maximum atomic E-state index is 11.7. The highest BCUT2D eigenvalue weighted by Crippen LogP contribution is 2.35. The minimum absolute atomic E-state index is 0.135. The highest BCUT2D eigenvalue weighted by atomic mass is 16.4. The summed E-state index contributed by atoms with van der Waals surface area (Å²) in [6.45, 7) is 2.07. The summed E-state index contributed by atoms with van der Waals surface area (Å²) in [6, 6.07) is 0. The molecule has 0 aliphatic heterocycles. The first-order valence-corrected chi connectivity index (χ1v) is 8.30. The molecule has 1 rings (SSSR count). The van der Waals surface area contributed by atoms with Crippen LogP contribution in [0.25, 0.3) is 0 Å². The molecule has 3 unspecified atom stereocenters. The Labute approximate surface area is 132 Å². The van der Waals surface area contributed by atoms with E-state index in [9.17, 15) is 14.7 Å². The Hall–Kier alpha value is -1.42. The van der Waals surface area contributed by atoms with E-state index in [0.717, 1.165) is 32.1 Å². The van der Waals surface area contributed by atoms with Crippen molar-refractivity contribution in [3.05, 3.63) is 24.3 Å². The van der Waals surface area contributed by atoms with E-state index in [2.05, 4.69) is 6.92 Å². The molecule has 0 bridgehead atoms. The summed E-state index contributed by atoms with van der Waals surface area (Å²) in [5.41, 5.74) is 0. The fourth-order valence-electron chi connectivity index (χ4n) is 2.89. The molecule has 1 saturated carbocycles. The second-order valence-electron chi connectivity index (χ2n) is 6.04. The van der Waals surface area contributed by atoms with E-state index in [4.69, 9.17) is 5.11 Å². The third kappa shape index (κ3) is 7.03. The Morgan fingerprint density at radius 2 is 1.95 bits per heavy atom. The van der Waals surface area contributed by atoms with Crippen molar-refractivity contribution < 1.29 is 19.8 Å². The van der Waals surface area contributed by atoms with Crippen molar-refractivity contribution in [1.29, 1.82) is 0 Å². The zero-order valence-electron chi connectivity index (χ0n) is 13.4. The Morgan fingerprint density at radius 3 is 2.64 bits per heavy atom. The number of aliphatic hydroxyl groups is 1. The van der Waals surface area contributed by atoms with E-state index in [1.165, 1.54) is 0 Å². The molecule has 3 atom stereocenters. The zero-order valence-corrected chi connectivity index (χ0v) is 13.4. The molecule has 124 valence electrons. The number of hydrogen-bond acceptors (Lipinski definition) is 3. The second-order valence-corrected chi connectivity index (χ2v) is 6.04. The lowest BCUT2D eigenvalue weighted by atomic mass is 9.90. The van der Waals surface area contributed by atoms with Gasteiger partial charge in [-0.2, -0.15) is 0 Å². The van der Waals surface area contributed by atoms with Crippen LogP contribution in [-0.2, 0) is 9.59 Å². The predicted molar refractivity (Wildman–Crippen MR) is 86.5 cm³/mol. The molecule has 0 aromatic carbocycles. The van der Waals surface area contributed by atoms with Gasteiger partial charge in [-0.3, -0.25) is 9.59 Å². The number of aliphatic carboxylic acids is 1. The van der Waals surface area contributed by atoms with Gasteiger partial charge in [0.1, 0.15) is 0 Å². The summed E-state index contributed by atoms with van der Waals surface area (Å²) in [6.07, 6.45) is 12.8. The first-order valence-electron chi connectivity index (χ1n) is 8.30. The predicted octanol–water partition coefficient (Wildman–Crippen LogP) is 3.50. The monoisotopic (exact) mass is 308 g/mol. The number of ketones is 1. The third-order valence-corrected chi connectivity index (χ3v) is 4.25. The van der Waals surface area contributed by atoms with Crippen LogP contribution < -0.4 is 0 Å². The Bertz CT molecular complexity index is 411. The molecular weight excluding hydrogens is 280 g/mol. The first kappa shape index (κ1) is 18.6. The molecule has 1 aliphatic carbocycles. The van der Waals surface area contributed by atoms with Crippen molar-refractivity contribution in [2.24, 2.45) is 11.8 Å². The number of allylic oxidation sites excluding steroid dienone is 4. The van der Waals surface area contributed by atoms with Crippen LogP contribution in [0.5, 0.6) is 0 Å². The van der Waals surface area contributed by atoms with E-state index in [-0.39, 0.29) is 30.1 Å². The van der Waals surface area contributed by atoms with Gasteiger partial charge in [0.15, 0.2) is 5.78 Å². The molecule has 1 fully saturated rings. The van der Waals surface area contributed by atoms with Crippen molar-refractivity contribution in [3.63, 3.8) is 0 Å². The van der Waals surface area contributed by atoms with Crippen LogP contribution in [0.2, 0.25) is 0 Å². The molecule has 22 heavy (non-hydrogen) atoms. The number of hydrogen-bond donors (Lipinski definition) is 2. The molecule has 0 radical (unpaired) electrons. The van der Waals surface area contributed by atoms with Gasteiger partial charge in [0, 0.05) is 12.8 Å². The molecule has 0 amide bonds. The van der Waals surface area contributed by atoms with Gasteiger partial charge >= 0.3 is 5.97 Å². The normalized spacial score (nSPS) is 25.3. The zero-order chi connectivity index (χ0) is 16.4. The number of aliphatic hydroxyl groups excluding tert-OH is 1. The molecule has 0 aromatic heterocycles. The van der Waals surface area contributed by atoms with Crippen LogP contribution in [0.4, 0.5) is 0 Å². The van der Waals surface area contributed by atoms with Gasteiger partial charge in [0.2, 0.25) is 0 Å². The number of carbonyl (C=O) groups is 2. The van der Waals surface area contributed by atoms with E-state index < -0.39 is 5.97 Å². The van der Waals surface area contributed by atoms with Gasteiger partial charge in [-0.05, 0) is 50.0 Å². The minimum atomic E-state index is -0.794. The van der Waals surface area contributed by atoms with Crippen molar-refractivity contribution in [3.8, 4) is 0 Å². The molecule has 0 aromatic rings. The lowest BCUT2D eigenvalue weighted by Gasteiger charge is -2.17. The Morgan fingerprint density at radius 1 is 1.18 bits per heavy atom. The van der Waals surface area contributed by atoms with E-state index in [1.807, 2.05) is 18.2 Å². The quantitative estimate of drug-likeness (QED) is 0.478. The number of carbonyl (C=O) groups excluding carboxylic acids is 1. The first-order chi connectivity index (χ1) is 10.5. The summed E-state index contributed by atoms with van der Waals surface area (Å²) in [5, 5.41) is 18.6. The Kier molecular flexibility index (Phi) is 8.75. The fraction of sp³-hybridized carbons (Fsp3) is 0.667. The Balaban J connectivity index is 2.43. The van der Waals surface area contributed by atoms with Crippen molar-refractivity contribution in [2.45, 2.75) is 64.4 Å². The molecule has 4 heteroatoms. The van der Waals surface area contributed by atoms with Gasteiger partial charge in [-0.15, -0.1) is 0 Å². The van der Waals surface area contributed by atoms with E-state index in [0.29, 0.717) is 12.8 Å². The molecule has 1 aliphatic rings. The van der Waals surface area contributed by atoms with Crippen molar-refractivity contribution in [2.75, 3.05) is 0 Å². The van der Waals surface area contributed by atoms with Crippen LogP contribution in [0.15, 0.2) is 24.3 Å². The summed E-state index contributed by atoms with van der Waals surface area (Å²) >= 11 is 0. The fourth-order valence-corrected chi connectivity index (χ4v) is 2.89. The van der Waals surface area contributed by atoms with E-state index in [1.54, 1.807) is 6.08 Å². The van der Waals surface area contributed by atoms with Crippen LogP contribution in [0.1, 0.15) is 58.3 Å². The SMILES string of the molecule is CCCCC(=O)/C=C/C1CCC(O)C1C/C=C/CCC(=O)O. The summed E-state index contributed by atoms with van der Waals surface area (Å²) in [7, 11) is 0. The average molecular weight is 308 g/mol. The molecular formula is C18H28O4. The lowest BCUT2D eigenvalue weighted by molar-refractivity contribution is -0.136. The van der Waals surface area contributed by atoms with Crippen molar-refractivity contribution >= 4 is 11.8 Å². The van der Waals surface area contributed by atoms with Crippen LogP contribution >= 0.6 is 0 Å². The molecule has 0 saturated heterocycles. The van der Waals surface area contributed by atoms with E-state index >= 15 is 0 Å². The maximum absolute atomic E-state index is 11.7. The van der Waals surface area contributed by atoms with Crippen LogP contribution in [0, 0.1) is 11.8 Å². The van der Waals surface area contributed by atoms with Gasteiger partial charge in [-0.1, -0.05) is 31.6 Å². The van der Waals surface area contributed by atoms with Gasteiger partial charge < -0.3 is 10.2 Å². The number of carboxylic acid groups (broad SMARTS) is 1. The van der Waals surface area contributed by atoms with Crippen LogP contribution in [0.3, 0.4) is 0 Å². The maximum Gasteiger partial charge on any atom is 0.303 e. The average Bonchev–Trinajstić information content (AvgIpc) is 2.83. The molecule has 0 spiro atoms. The van der Waals surface area contributed by atoms with Gasteiger partial charge in [0.05, 0.1) is 6.10 Å². The standard InChI is InChI=1S/C18H28O4/c1-2-3-7-15(19)12-10-14-11-13-17(20)16(14)8-5-4-6-9-18(21)22/h4-5,10,12,14,16-17,20H,2-3,6-9,11,13H2,1H3,(H,21,22)/b5-4+,12-10+. The number of rotatable bonds is 10. The lowest BCUT2D eigenvalue weighted by Crippen LogP contribution is -2.17. The number of unbranched alkanes of at least 4 members (excludes halogenated alkanes) is 1. The topological polar surface area (TPSA) is 74.6 Å². The van der Waals surface area contributed by atoms with Crippen LogP contribution in [-0.4, -0.2) is 28.1 Å². The smallest absolute Gasteiger partial charge is 0.303 e. The van der Waals surface area contributed by atoms with Gasteiger partial charge in [-0.25, -0.2) is 0 Å². The van der Waals surface area contributed by atoms with Crippen molar-refractivity contribution in [1.82, 2.24) is 0 Å². The molecule has 2 N–H and O–H groups in total. The molecule has 4 nitrogen and oxygen atoms in total. The second kappa shape index (κ2) is 10.3. The summed E-state index contributed by atoms with van der Waals surface area (Å²) in [5.74, 6) is -0.253. The number of carboxylic acids is 1. The van der Waals surface area contributed by atoms with Gasteiger partial charge in [0.25, 0.3) is 0 Å². The third-order valence-electron chi connectivity index (χ3n) is 4.25. The summed E-state index contributed by atoms with van der Waals surface area (Å²) < 4.78 is 0. The molecule has 0 heterocycles. The highest BCUT2D eigenvalue weighted by molar-refractivity contribution is 5.89. The minimum Gasteiger partial charge on any atom is -0.481 e. The largest absolute Gasteiger partial charge is 0.481 e.